The lowest BCUT2D eigenvalue weighted by atomic mass is 10.0. The third-order valence-corrected chi connectivity index (χ3v) is 5.37. The van der Waals surface area contributed by atoms with E-state index in [-0.39, 0.29) is 22.5 Å². The van der Waals surface area contributed by atoms with E-state index in [2.05, 4.69) is 15.6 Å². The molecular weight excluding hydrogens is 470 g/mol. The van der Waals surface area contributed by atoms with Crippen LogP contribution >= 0.6 is 0 Å². The molecule has 0 unspecified atom stereocenters. The molecule has 36 heavy (non-hydrogen) atoms. The summed E-state index contributed by atoms with van der Waals surface area (Å²) in [5.41, 5.74) is 1.37. The molecule has 4 aromatic rings. The van der Waals surface area contributed by atoms with Gasteiger partial charge in [-0.15, -0.1) is 0 Å². The van der Waals surface area contributed by atoms with E-state index in [1.54, 1.807) is 41.2 Å². The van der Waals surface area contributed by atoms with E-state index in [4.69, 9.17) is 5.11 Å². The molecular formula is C26H20F2N4O4. The summed E-state index contributed by atoms with van der Waals surface area (Å²) in [6.07, 6.45) is 1.48. The summed E-state index contributed by atoms with van der Waals surface area (Å²) >= 11 is 0. The van der Waals surface area contributed by atoms with Gasteiger partial charge in [0.2, 0.25) is 5.91 Å². The summed E-state index contributed by atoms with van der Waals surface area (Å²) in [7, 11) is 0. The molecule has 8 nitrogen and oxygen atoms in total. The molecule has 0 saturated carbocycles. The summed E-state index contributed by atoms with van der Waals surface area (Å²) in [4.78, 5) is 40.9. The lowest BCUT2D eigenvalue weighted by Gasteiger charge is -2.14. The summed E-state index contributed by atoms with van der Waals surface area (Å²) in [5, 5.41) is 13.8. The van der Waals surface area contributed by atoms with Crippen molar-refractivity contribution in [1.29, 1.82) is 0 Å². The summed E-state index contributed by atoms with van der Waals surface area (Å²) in [5.74, 6) is -2.00. The molecule has 2 amide bonds. The van der Waals surface area contributed by atoms with Crippen molar-refractivity contribution in [2.45, 2.75) is 13.3 Å². The van der Waals surface area contributed by atoms with Gasteiger partial charge in [0.25, 0.3) is 0 Å². The van der Waals surface area contributed by atoms with E-state index in [1.807, 2.05) is 6.92 Å². The maximum Gasteiger partial charge on any atom is 0.409 e. The zero-order valence-electron chi connectivity index (χ0n) is 19.0. The van der Waals surface area contributed by atoms with Crippen molar-refractivity contribution in [1.82, 2.24) is 9.55 Å². The second-order valence-corrected chi connectivity index (χ2v) is 7.86. The molecule has 10 heteroatoms. The number of rotatable bonds is 7. The zero-order valence-corrected chi connectivity index (χ0v) is 19.0. The fourth-order valence-corrected chi connectivity index (χ4v) is 3.69. The zero-order chi connectivity index (χ0) is 25.8. The number of carboxylic acid groups (broad SMARTS) is 1. The molecule has 3 aromatic carbocycles. The number of anilines is 2. The monoisotopic (exact) mass is 490 g/mol. The topological polar surface area (TPSA) is 113 Å². The predicted octanol–water partition coefficient (Wildman–Crippen LogP) is 5.43. The Morgan fingerprint density at radius 3 is 2.47 bits per heavy atom. The normalized spacial score (nSPS) is 10.6. The van der Waals surface area contributed by atoms with Crippen LogP contribution in [-0.2, 0) is 4.79 Å². The summed E-state index contributed by atoms with van der Waals surface area (Å²) in [6.45, 7) is 1.82. The molecule has 0 aliphatic rings. The molecule has 0 spiro atoms. The number of benzene rings is 3. The SMILES string of the molecule is Cc1nccn1-c1cccc(C(=O)CC(=O)Nc2cc(-c3ccc(F)cc3F)ccc2NC(=O)O)c1. The Kier molecular flexibility index (Phi) is 6.86. The molecule has 0 saturated heterocycles. The highest BCUT2D eigenvalue weighted by molar-refractivity contribution is 6.12. The Hall–Kier alpha value is -4.86. The molecule has 1 aromatic heterocycles. The van der Waals surface area contributed by atoms with Crippen molar-refractivity contribution in [3.05, 3.63) is 96.1 Å². The molecule has 3 N–H and O–H groups in total. The number of halogens is 2. The number of amides is 2. The third kappa shape index (κ3) is 5.44. The number of hydrogen-bond acceptors (Lipinski definition) is 4. The van der Waals surface area contributed by atoms with Gasteiger partial charge in [0.15, 0.2) is 5.78 Å². The number of imidazole rings is 1. The van der Waals surface area contributed by atoms with Crippen molar-refractivity contribution in [2.75, 3.05) is 10.6 Å². The molecule has 182 valence electrons. The highest BCUT2D eigenvalue weighted by atomic mass is 19.1. The highest BCUT2D eigenvalue weighted by Crippen LogP contribution is 2.31. The van der Waals surface area contributed by atoms with E-state index < -0.39 is 35.8 Å². The van der Waals surface area contributed by atoms with Crippen molar-refractivity contribution < 1.29 is 28.3 Å². The Balaban J connectivity index is 1.56. The van der Waals surface area contributed by atoms with Gasteiger partial charge in [-0.2, -0.15) is 0 Å². The van der Waals surface area contributed by atoms with Gasteiger partial charge in [0.05, 0.1) is 17.8 Å². The number of nitrogens with one attached hydrogen (secondary N) is 2. The van der Waals surface area contributed by atoms with Crippen LogP contribution in [0.15, 0.2) is 73.1 Å². The first kappa shape index (κ1) is 24.3. The number of Topliss-reactive ketones (excluding diaryl/α,β-unsaturated/α-hetero) is 1. The molecule has 4 rings (SSSR count). The maximum atomic E-state index is 14.3. The van der Waals surface area contributed by atoms with Gasteiger partial charge in [0.1, 0.15) is 17.5 Å². The van der Waals surface area contributed by atoms with Gasteiger partial charge in [-0.3, -0.25) is 14.9 Å². The van der Waals surface area contributed by atoms with Crippen LogP contribution in [0.5, 0.6) is 0 Å². The molecule has 0 atom stereocenters. The number of ketones is 1. The quantitative estimate of drug-likeness (QED) is 0.236. The second-order valence-electron chi connectivity index (χ2n) is 7.86. The van der Waals surface area contributed by atoms with Crippen LogP contribution < -0.4 is 10.6 Å². The van der Waals surface area contributed by atoms with Gasteiger partial charge >= 0.3 is 6.09 Å². The Labute approximate surface area is 204 Å². The first-order valence-corrected chi connectivity index (χ1v) is 10.7. The van der Waals surface area contributed by atoms with Crippen LogP contribution in [0.2, 0.25) is 0 Å². The largest absolute Gasteiger partial charge is 0.465 e. The van der Waals surface area contributed by atoms with Crippen molar-refractivity contribution in [3.63, 3.8) is 0 Å². The fourth-order valence-electron chi connectivity index (χ4n) is 3.69. The minimum atomic E-state index is -1.38. The fraction of sp³-hybridized carbons (Fsp3) is 0.0769. The van der Waals surface area contributed by atoms with E-state index in [0.717, 1.165) is 18.0 Å². The first-order valence-electron chi connectivity index (χ1n) is 10.7. The molecule has 0 aliphatic carbocycles. The van der Waals surface area contributed by atoms with E-state index in [0.29, 0.717) is 11.3 Å². The van der Waals surface area contributed by atoms with Crippen molar-refractivity contribution in [3.8, 4) is 16.8 Å². The molecule has 0 fully saturated rings. The number of aryl methyl sites for hydroxylation is 1. The smallest absolute Gasteiger partial charge is 0.409 e. The summed E-state index contributed by atoms with van der Waals surface area (Å²) < 4.78 is 29.4. The van der Waals surface area contributed by atoms with Gasteiger partial charge in [-0.05, 0) is 48.9 Å². The van der Waals surface area contributed by atoms with Crippen LogP contribution in [0, 0.1) is 18.6 Å². The lowest BCUT2D eigenvalue weighted by molar-refractivity contribution is -0.115. The molecule has 1 heterocycles. The Morgan fingerprint density at radius 2 is 1.78 bits per heavy atom. The van der Waals surface area contributed by atoms with Crippen LogP contribution in [0.4, 0.5) is 25.0 Å². The van der Waals surface area contributed by atoms with Crippen LogP contribution in [0.25, 0.3) is 16.8 Å². The molecule has 0 aliphatic heterocycles. The number of carbonyl (C=O) groups is 3. The van der Waals surface area contributed by atoms with E-state index in [1.165, 1.54) is 24.3 Å². The van der Waals surface area contributed by atoms with Crippen molar-refractivity contribution in [2.24, 2.45) is 0 Å². The standard InChI is InChI=1S/C26H20F2N4O4/c1-15-29-9-10-32(15)19-4-2-3-17(11-19)24(33)14-25(34)30-23-12-16(5-8-22(23)31-26(35)36)20-7-6-18(27)13-21(20)28/h2-13,31H,14H2,1H3,(H,30,34)(H,35,36). The Bertz CT molecular complexity index is 1480. The van der Waals surface area contributed by atoms with Gasteiger partial charge < -0.3 is 15.0 Å². The number of nitrogens with zero attached hydrogens (tertiary/aromatic N) is 2. The average molecular weight is 490 g/mol. The number of hydrogen-bond donors (Lipinski definition) is 3. The van der Waals surface area contributed by atoms with Gasteiger partial charge in [-0.1, -0.05) is 18.2 Å². The second kappa shape index (κ2) is 10.2. The summed E-state index contributed by atoms with van der Waals surface area (Å²) in [6, 6.07) is 13.8. The van der Waals surface area contributed by atoms with E-state index in [9.17, 15) is 23.2 Å². The first-order chi connectivity index (χ1) is 17.2. The predicted molar refractivity (Wildman–Crippen MR) is 129 cm³/mol. The molecule has 0 radical (unpaired) electrons. The lowest BCUT2D eigenvalue weighted by Crippen LogP contribution is -2.18. The minimum Gasteiger partial charge on any atom is -0.465 e. The average Bonchev–Trinajstić information content (AvgIpc) is 3.26. The van der Waals surface area contributed by atoms with E-state index >= 15 is 0 Å². The van der Waals surface area contributed by atoms with Gasteiger partial charge in [0, 0.05) is 35.3 Å². The van der Waals surface area contributed by atoms with Crippen LogP contribution in [0.3, 0.4) is 0 Å². The van der Waals surface area contributed by atoms with Crippen molar-refractivity contribution >= 4 is 29.2 Å². The van der Waals surface area contributed by atoms with Gasteiger partial charge in [-0.25, -0.2) is 18.6 Å². The highest BCUT2D eigenvalue weighted by Gasteiger charge is 2.17. The minimum absolute atomic E-state index is 0.0132. The maximum absolute atomic E-state index is 14.3. The van der Waals surface area contributed by atoms with Crippen LogP contribution in [0.1, 0.15) is 22.6 Å². The Morgan fingerprint density at radius 1 is 0.972 bits per heavy atom. The molecule has 0 bridgehead atoms. The van der Waals surface area contributed by atoms with Crippen LogP contribution in [-0.4, -0.2) is 32.4 Å². The number of aromatic nitrogens is 2. The third-order valence-electron chi connectivity index (χ3n) is 5.37. The number of carbonyl (C=O) groups excluding carboxylic acids is 2.